The third-order valence-corrected chi connectivity index (χ3v) is 7.47. The molecule has 1 amide bonds. The largest absolute Gasteiger partial charge is 0.573 e. The Bertz CT molecular complexity index is 1390. The molecule has 37 heavy (non-hydrogen) atoms. The van der Waals surface area contributed by atoms with Crippen LogP contribution in [0.4, 0.5) is 24.5 Å². The number of carbonyl (C=O) groups is 1. The van der Waals surface area contributed by atoms with Crippen LogP contribution in [0.25, 0.3) is 0 Å². The van der Waals surface area contributed by atoms with Gasteiger partial charge in [0.2, 0.25) is 0 Å². The molecule has 4 rings (SSSR count). The Morgan fingerprint density at radius 2 is 1.65 bits per heavy atom. The first-order chi connectivity index (χ1) is 17.2. The molecule has 1 heterocycles. The van der Waals surface area contributed by atoms with Crippen LogP contribution in [0.5, 0.6) is 11.5 Å². The molecule has 0 aliphatic carbocycles. The van der Waals surface area contributed by atoms with Crippen LogP contribution in [0.15, 0.2) is 77.7 Å². The van der Waals surface area contributed by atoms with Crippen molar-refractivity contribution in [3.63, 3.8) is 0 Å². The Labute approximate surface area is 212 Å². The zero-order chi connectivity index (χ0) is 27.0. The Balaban J connectivity index is 1.64. The summed E-state index contributed by atoms with van der Waals surface area (Å²) in [6.07, 6.45) is -6.06. The minimum Gasteiger partial charge on any atom is -0.476 e. The van der Waals surface area contributed by atoms with Gasteiger partial charge in [0.25, 0.3) is 15.9 Å². The number of hydrogen-bond donors (Lipinski definition) is 1. The average molecular weight is 535 g/mol. The van der Waals surface area contributed by atoms with E-state index in [4.69, 9.17) is 4.74 Å². The Morgan fingerprint density at radius 3 is 2.24 bits per heavy atom. The molecule has 1 aliphatic rings. The van der Waals surface area contributed by atoms with E-state index in [9.17, 15) is 26.4 Å². The van der Waals surface area contributed by atoms with Crippen LogP contribution in [0.2, 0.25) is 0 Å². The summed E-state index contributed by atoms with van der Waals surface area (Å²) >= 11 is 0. The van der Waals surface area contributed by atoms with E-state index in [-0.39, 0.29) is 28.3 Å². The monoisotopic (exact) mass is 534 g/mol. The fourth-order valence-electron chi connectivity index (χ4n) is 3.76. The number of sulfonamides is 1. The average Bonchev–Trinajstić information content (AvgIpc) is 2.83. The summed E-state index contributed by atoms with van der Waals surface area (Å²) in [5, 5.41) is 2.56. The van der Waals surface area contributed by atoms with Crippen LogP contribution in [-0.2, 0) is 20.2 Å². The van der Waals surface area contributed by atoms with Crippen molar-refractivity contribution < 1.29 is 35.9 Å². The van der Waals surface area contributed by atoms with Crippen LogP contribution in [0, 0.1) is 0 Å². The molecule has 0 aromatic heterocycles. The summed E-state index contributed by atoms with van der Waals surface area (Å²) in [6, 6.07) is 17.6. The molecule has 1 N–H and O–H groups in total. The van der Waals surface area contributed by atoms with Crippen molar-refractivity contribution in [2.45, 2.75) is 43.5 Å². The highest BCUT2D eigenvalue weighted by molar-refractivity contribution is 7.92. The lowest BCUT2D eigenvalue weighted by atomic mass is 9.86. The second-order valence-corrected chi connectivity index (χ2v) is 11.3. The Morgan fingerprint density at radius 1 is 1.00 bits per heavy atom. The fraction of sp³-hybridized carbons (Fsp3) is 0.269. The van der Waals surface area contributed by atoms with Gasteiger partial charge in [0.1, 0.15) is 11.5 Å². The zero-order valence-electron chi connectivity index (χ0n) is 20.2. The molecule has 0 saturated carbocycles. The van der Waals surface area contributed by atoms with Crippen molar-refractivity contribution in [3.05, 3.63) is 78.4 Å². The molecular formula is C26H25F3N2O5S. The lowest BCUT2D eigenvalue weighted by Crippen LogP contribution is -2.49. The maximum atomic E-state index is 13.6. The maximum absolute atomic E-state index is 13.6. The predicted molar refractivity (Wildman–Crippen MR) is 132 cm³/mol. The van der Waals surface area contributed by atoms with Gasteiger partial charge in [0.15, 0.2) is 6.10 Å². The number of nitrogens with one attached hydrogen (secondary N) is 1. The van der Waals surface area contributed by atoms with E-state index in [0.29, 0.717) is 5.69 Å². The quantitative estimate of drug-likeness (QED) is 0.469. The van der Waals surface area contributed by atoms with Gasteiger partial charge in [-0.2, -0.15) is 0 Å². The number of carbonyl (C=O) groups excluding carboxylic acids is 1. The normalized spacial score (nSPS) is 15.9. The maximum Gasteiger partial charge on any atom is 0.573 e. The summed E-state index contributed by atoms with van der Waals surface area (Å²) in [6.45, 7) is 5.68. The van der Waals surface area contributed by atoms with E-state index >= 15 is 0 Å². The third-order valence-electron chi connectivity index (χ3n) is 5.67. The van der Waals surface area contributed by atoms with Crippen molar-refractivity contribution in [1.29, 1.82) is 0 Å². The van der Waals surface area contributed by atoms with Crippen molar-refractivity contribution in [2.75, 3.05) is 16.2 Å². The molecule has 0 bridgehead atoms. The van der Waals surface area contributed by atoms with Crippen LogP contribution in [-0.4, -0.2) is 33.3 Å². The van der Waals surface area contributed by atoms with Crippen molar-refractivity contribution in [2.24, 2.45) is 0 Å². The number of fused-ring (bicyclic) bond motifs is 1. The number of anilines is 2. The van der Waals surface area contributed by atoms with E-state index in [1.807, 2.05) is 26.8 Å². The standard InChI is InChI=1S/C26H25F3N2O5S/c1-25(2,3)17-9-14-22-21(15-17)31(37(33,34)20-7-5-4-6-8-20)16-23(35-22)24(32)30-18-10-12-19(13-11-18)36-26(27,28)29/h4-15,23H,16H2,1-3H3,(H,30,32). The number of hydrogen-bond acceptors (Lipinski definition) is 5. The first kappa shape index (κ1) is 26.3. The van der Waals surface area contributed by atoms with Crippen LogP contribution in [0.3, 0.4) is 0 Å². The van der Waals surface area contributed by atoms with E-state index in [1.54, 1.807) is 30.3 Å². The molecule has 0 fully saturated rings. The van der Waals surface area contributed by atoms with Crippen molar-refractivity contribution in [3.8, 4) is 11.5 Å². The van der Waals surface area contributed by atoms with Crippen LogP contribution >= 0.6 is 0 Å². The minimum atomic E-state index is -4.84. The minimum absolute atomic E-state index is 0.0587. The van der Waals surface area contributed by atoms with Gasteiger partial charge in [-0.05, 0) is 59.5 Å². The lowest BCUT2D eigenvalue weighted by molar-refractivity contribution is -0.274. The van der Waals surface area contributed by atoms with E-state index in [2.05, 4.69) is 10.1 Å². The summed E-state index contributed by atoms with van der Waals surface area (Å²) in [5.41, 5.74) is 1.11. The molecular weight excluding hydrogens is 509 g/mol. The molecule has 1 unspecified atom stereocenters. The second kappa shape index (κ2) is 9.62. The topological polar surface area (TPSA) is 84.9 Å². The molecule has 0 radical (unpaired) electrons. The molecule has 3 aromatic rings. The molecule has 196 valence electrons. The number of nitrogens with zero attached hydrogens (tertiary/aromatic N) is 1. The highest BCUT2D eigenvalue weighted by Crippen LogP contribution is 2.40. The summed E-state index contributed by atoms with van der Waals surface area (Å²) in [7, 11) is -4.05. The smallest absolute Gasteiger partial charge is 0.476 e. The van der Waals surface area contributed by atoms with Gasteiger partial charge in [0.05, 0.1) is 17.1 Å². The van der Waals surface area contributed by atoms with E-state index in [1.165, 1.54) is 24.3 Å². The second-order valence-electron chi connectivity index (χ2n) is 9.45. The zero-order valence-corrected chi connectivity index (χ0v) is 21.1. The number of rotatable bonds is 5. The van der Waals surface area contributed by atoms with Gasteiger partial charge in [-0.15, -0.1) is 13.2 Å². The first-order valence-electron chi connectivity index (χ1n) is 11.3. The molecule has 1 aliphatic heterocycles. The van der Waals surface area contributed by atoms with E-state index in [0.717, 1.165) is 22.0 Å². The summed E-state index contributed by atoms with van der Waals surface area (Å²) in [5.74, 6) is -0.890. The Kier molecular flexibility index (Phi) is 6.85. The number of benzene rings is 3. The molecule has 11 heteroatoms. The van der Waals surface area contributed by atoms with Gasteiger partial charge < -0.3 is 14.8 Å². The Hall–Kier alpha value is -3.73. The molecule has 1 atom stereocenters. The van der Waals surface area contributed by atoms with Crippen LogP contribution < -0.4 is 19.1 Å². The predicted octanol–water partition coefficient (Wildman–Crippen LogP) is 5.48. The molecule has 0 spiro atoms. The van der Waals surface area contributed by atoms with Crippen molar-refractivity contribution >= 4 is 27.3 Å². The van der Waals surface area contributed by atoms with Gasteiger partial charge in [0, 0.05) is 5.69 Å². The fourth-order valence-corrected chi connectivity index (χ4v) is 5.25. The highest BCUT2D eigenvalue weighted by Gasteiger charge is 2.38. The van der Waals surface area contributed by atoms with Gasteiger partial charge in [-0.25, -0.2) is 8.42 Å². The third kappa shape index (κ3) is 5.99. The first-order valence-corrected chi connectivity index (χ1v) is 12.7. The van der Waals surface area contributed by atoms with E-state index < -0.39 is 34.1 Å². The highest BCUT2D eigenvalue weighted by atomic mass is 32.2. The summed E-state index contributed by atoms with van der Waals surface area (Å²) in [4.78, 5) is 13.1. The van der Waals surface area contributed by atoms with Gasteiger partial charge >= 0.3 is 6.36 Å². The molecule has 0 saturated heterocycles. The van der Waals surface area contributed by atoms with Gasteiger partial charge in [-0.1, -0.05) is 45.0 Å². The van der Waals surface area contributed by atoms with Crippen molar-refractivity contribution in [1.82, 2.24) is 0 Å². The SMILES string of the molecule is CC(C)(C)c1ccc2c(c1)N(S(=O)(=O)c1ccccc1)CC(C(=O)Nc1ccc(OC(F)(F)F)cc1)O2. The van der Waals surface area contributed by atoms with Crippen LogP contribution in [0.1, 0.15) is 26.3 Å². The molecule has 7 nitrogen and oxygen atoms in total. The lowest BCUT2D eigenvalue weighted by Gasteiger charge is -2.36. The number of amides is 1. The molecule has 3 aromatic carbocycles. The summed E-state index contributed by atoms with van der Waals surface area (Å²) < 4.78 is 75.3. The number of halogens is 3. The van der Waals surface area contributed by atoms with Gasteiger partial charge in [-0.3, -0.25) is 9.10 Å². The number of ether oxygens (including phenoxy) is 2. The number of alkyl halides is 3.